The van der Waals surface area contributed by atoms with Crippen LogP contribution in [0.15, 0.2) is 42.5 Å². The average Bonchev–Trinajstić information content (AvgIpc) is 2.62. The van der Waals surface area contributed by atoms with Gasteiger partial charge in [0.2, 0.25) is 0 Å². The Morgan fingerprint density at radius 3 is 2.17 bits per heavy atom. The first-order valence-corrected chi connectivity index (χ1v) is 9.92. The highest BCUT2D eigenvalue weighted by atomic mass is 14.7. The monoisotopic (exact) mass is 323 g/mol. The van der Waals surface area contributed by atoms with E-state index in [-0.39, 0.29) is 0 Å². The van der Waals surface area contributed by atoms with E-state index in [1.807, 2.05) is 6.07 Å². The number of para-hydroxylation sites is 1. The summed E-state index contributed by atoms with van der Waals surface area (Å²) in [6, 6.07) is 12.6. The normalized spacial score (nSPS) is 11.5. The van der Waals surface area contributed by atoms with Crippen molar-refractivity contribution in [1.29, 1.82) is 0 Å². The van der Waals surface area contributed by atoms with Crippen LogP contribution in [-0.4, -0.2) is 4.98 Å². The second kappa shape index (κ2) is 11.8. The lowest BCUT2D eigenvalue weighted by Gasteiger charge is -2.01. The number of unbranched alkanes of at least 4 members (excludes halogenated alkanes) is 10. The topological polar surface area (TPSA) is 12.9 Å². The van der Waals surface area contributed by atoms with Crippen molar-refractivity contribution in [2.75, 3.05) is 0 Å². The fourth-order valence-corrected chi connectivity index (χ4v) is 3.13. The van der Waals surface area contributed by atoms with Gasteiger partial charge < -0.3 is 0 Å². The molecule has 1 aromatic carbocycles. The zero-order valence-corrected chi connectivity index (χ0v) is 15.3. The molecule has 2 aromatic rings. The van der Waals surface area contributed by atoms with Gasteiger partial charge in [0, 0.05) is 5.39 Å². The molecular formula is C23H33N. The van der Waals surface area contributed by atoms with Gasteiger partial charge in [-0.1, -0.05) is 95.1 Å². The molecule has 0 aliphatic rings. The van der Waals surface area contributed by atoms with E-state index >= 15 is 0 Å². The first kappa shape index (κ1) is 18.7. The maximum atomic E-state index is 4.68. The second-order valence-electron chi connectivity index (χ2n) is 6.80. The first-order chi connectivity index (χ1) is 11.9. The molecule has 24 heavy (non-hydrogen) atoms. The van der Waals surface area contributed by atoms with Crippen molar-refractivity contribution in [1.82, 2.24) is 4.98 Å². The van der Waals surface area contributed by atoms with Crippen LogP contribution in [0.2, 0.25) is 0 Å². The minimum Gasteiger partial charge on any atom is -0.248 e. The summed E-state index contributed by atoms with van der Waals surface area (Å²) in [7, 11) is 0. The molecule has 130 valence electrons. The second-order valence-corrected chi connectivity index (χ2v) is 6.80. The number of nitrogens with zero attached hydrogens (tertiary/aromatic N) is 1. The molecule has 0 unspecified atom stereocenters. The predicted molar refractivity (Wildman–Crippen MR) is 107 cm³/mol. The Kier molecular flexibility index (Phi) is 9.23. The number of rotatable bonds is 12. The maximum absolute atomic E-state index is 4.68. The molecule has 0 N–H and O–H groups in total. The van der Waals surface area contributed by atoms with Crippen LogP contribution in [0.3, 0.4) is 0 Å². The van der Waals surface area contributed by atoms with Crippen LogP contribution >= 0.6 is 0 Å². The van der Waals surface area contributed by atoms with Crippen molar-refractivity contribution in [2.45, 2.75) is 77.6 Å². The largest absolute Gasteiger partial charge is 0.248 e. The van der Waals surface area contributed by atoms with E-state index < -0.39 is 0 Å². The summed E-state index contributed by atoms with van der Waals surface area (Å²) in [6.45, 7) is 2.28. The fourth-order valence-electron chi connectivity index (χ4n) is 3.13. The van der Waals surface area contributed by atoms with Crippen molar-refractivity contribution in [3.63, 3.8) is 0 Å². The van der Waals surface area contributed by atoms with E-state index in [1.54, 1.807) is 0 Å². The number of allylic oxidation sites excluding steroid dienone is 1. The molecule has 0 radical (unpaired) electrons. The van der Waals surface area contributed by atoms with Gasteiger partial charge in [0.1, 0.15) is 0 Å². The minimum atomic E-state index is 1.07. The van der Waals surface area contributed by atoms with Crippen LogP contribution in [0.1, 0.15) is 83.2 Å². The van der Waals surface area contributed by atoms with Gasteiger partial charge in [-0.15, -0.1) is 0 Å². The number of pyridine rings is 1. The molecule has 0 bridgehead atoms. The Morgan fingerprint density at radius 1 is 0.750 bits per heavy atom. The summed E-state index contributed by atoms with van der Waals surface area (Å²) >= 11 is 0. The molecule has 0 saturated heterocycles. The summed E-state index contributed by atoms with van der Waals surface area (Å²) in [6.07, 6.45) is 19.6. The zero-order chi connectivity index (χ0) is 16.9. The van der Waals surface area contributed by atoms with E-state index in [0.29, 0.717) is 0 Å². The van der Waals surface area contributed by atoms with Crippen LogP contribution in [0, 0.1) is 0 Å². The lowest BCUT2D eigenvalue weighted by Crippen LogP contribution is -1.83. The van der Waals surface area contributed by atoms with Crippen LogP contribution in [0.5, 0.6) is 0 Å². The van der Waals surface area contributed by atoms with Gasteiger partial charge in [0.15, 0.2) is 0 Å². The summed E-state index contributed by atoms with van der Waals surface area (Å²) in [5.74, 6) is 0. The molecule has 1 heterocycles. The Hall–Kier alpha value is -1.63. The smallest absolute Gasteiger partial charge is 0.0709 e. The van der Waals surface area contributed by atoms with Crippen LogP contribution in [-0.2, 0) is 0 Å². The molecular weight excluding hydrogens is 290 g/mol. The highest BCUT2D eigenvalue weighted by molar-refractivity contribution is 5.79. The average molecular weight is 324 g/mol. The molecule has 0 amide bonds. The third kappa shape index (κ3) is 7.29. The van der Waals surface area contributed by atoms with Gasteiger partial charge in [-0.05, 0) is 31.1 Å². The molecule has 0 atom stereocenters. The summed E-state index contributed by atoms with van der Waals surface area (Å²) in [4.78, 5) is 4.68. The Bertz CT molecular complexity index is 600. The Labute approximate surface area is 148 Å². The molecule has 0 spiro atoms. The lowest BCUT2D eigenvalue weighted by atomic mass is 10.1. The number of benzene rings is 1. The summed E-state index contributed by atoms with van der Waals surface area (Å²) in [5, 5.41) is 1.21. The predicted octanol–water partition coefficient (Wildman–Crippen LogP) is 7.56. The van der Waals surface area contributed by atoms with Crippen LogP contribution < -0.4 is 0 Å². The Morgan fingerprint density at radius 2 is 1.42 bits per heavy atom. The van der Waals surface area contributed by atoms with Crippen molar-refractivity contribution < 1.29 is 0 Å². The van der Waals surface area contributed by atoms with Gasteiger partial charge >= 0.3 is 0 Å². The first-order valence-electron chi connectivity index (χ1n) is 9.92. The van der Waals surface area contributed by atoms with Gasteiger partial charge in [-0.25, -0.2) is 4.98 Å². The number of aromatic nitrogens is 1. The maximum Gasteiger partial charge on any atom is 0.0709 e. The molecule has 1 nitrogen and oxygen atoms in total. The molecule has 1 heteroatoms. The highest BCUT2D eigenvalue weighted by Crippen LogP contribution is 2.14. The van der Waals surface area contributed by atoms with Crippen molar-refractivity contribution >= 4 is 17.0 Å². The Balaban J connectivity index is 1.53. The van der Waals surface area contributed by atoms with E-state index in [1.165, 1.54) is 76.0 Å². The van der Waals surface area contributed by atoms with E-state index in [4.69, 9.17) is 0 Å². The van der Waals surface area contributed by atoms with Gasteiger partial charge in [0.25, 0.3) is 0 Å². The molecule has 0 fully saturated rings. The molecule has 0 aliphatic heterocycles. The van der Waals surface area contributed by atoms with Gasteiger partial charge in [-0.3, -0.25) is 0 Å². The number of hydrogen-bond acceptors (Lipinski definition) is 1. The number of hydrogen-bond donors (Lipinski definition) is 0. The standard InChI is InChI=1S/C23H33N/c1-2-3-4-5-6-7-8-9-10-11-12-13-17-22-20-19-21-16-14-15-18-23(21)24-22/h13-20H,2-12H2,1H3/b17-13+. The highest BCUT2D eigenvalue weighted by Gasteiger charge is 1.95. The zero-order valence-electron chi connectivity index (χ0n) is 15.3. The van der Waals surface area contributed by atoms with Gasteiger partial charge in [0.05, 0.1) is 11.2 Å². The summed E-state index contributed by atoms with van der Waals surface area (Å²) in [5.41, 5.74) is 2.15. The third-order valence-corrected chi connectivity index (χ3v) is 4.63. The minimum absolute atomic E-state index is 1.07. The van der Waals surface area contributed by atoms with Crippen molar-refractivity contribution in [2.24, 2.45) is 0 Å². The lowest BCUT2D eigenvalue weighted by molar-refractivity contribution is 0.558. The molecule has 2 rings (SSSR count). The van der Waals surface area contributed by atoms with E-state index in [0.717, 1.165) is 11.2 Å². The fraction of sp³-hybridized carbons (Fsp3) is 0.522. The van der Waals surface area contributed by atoms with Crippen molar-refractivity contribution in [3.05, 3.63) is 48.2 Å². The quantitative estimate of drug-likeness (QED) is 0.367. The molecule has 0 saturated carbocycles. The molecule has 1 aromatic heterocycles. The third-order valence-electron chi connectivity index (χ3n) is 4.63. The van der Waals surface area contributed by atoms with E-state index in [2.05, 4.69) is 54.4 Å². The summed E-state index contributed by atoms with van der Waals surface area (Å²) < 4.78 is 0. The number of fused-ring (bicyclic) bond motifs is 1. The van der Waals surface area contributed by atoms with E-state index in [9.17, 15) is 0 Å². The van der Waals surface area contributed by atoms with Gasteiger partial charge in [-0.2, -0.15) is 0 Å². The van der Waals surface area contributed by atoms with Crippen molar-refractivity contribution in [3.8, 4) is 0 Å². The van der Waals surface area contributed by atoms with Crippen LogP contribution in [0.4, 0.5) is 0 Å². The van der Waals surface area contributed by atoms with Crippen LogP contribution in [0.25, 0.3) is 17.0 Å². The SMILES string of the molecule is CCCCCCCCCCCC/C=C/c1ccc2ccccc2n1. The molecule has 0 aliphatic carbocycles.